The van der Waals surface area contributed by atoms with Crippen LogP contribution in [-0.2, 0) is 17.5 Å². The normalized spacial score (nSPS) is 17.3. The van der Waals surface area contributed by atoms with Crippen molar-refractivity contribution < 1.29 is 17.9 Å². The molecule has 0 atom stereocenters. The van der Waals surface area contributed by atoms with Gasteiger partial charge in [-0.05, 0) is 25.0 Å². The molecule has 1 aliphatic heterocycles. The molecule has 0 spiro atoms. The van der Waals surface area contributed by atoms with E-state index >= 15 is 0 Å². The summed E-state index contributed by atoms with van der Waals surface area (Å²) in [4.78, 5) is 14.8. The van der Waals surface area contributed by atoms with Crippen LogP contribution in [0.25, 0.3) is 0 Å². The number of pyridine rings is 1. The van der Waals surface area contributed by atoms with Gasteiger partial charge in [-0.2, -0.15) is 13.2 Å². The first kappa shape index (κ1) is 18.4. The molecular formula is C15H23F3N2O2S. The summed E-state index contributed by atoms with van der Waals surface area (Å²) in [6, 6.07) is 1.01. The highest BCUT2D eigenvalue weighted by atomic mass is 32.2. The number of ether oxygens (including phenoxy) is 1. The first-order chi connectivity index (χ1) is 10.8. The maximum atomic E-state index is 13.0. The van der Waals surface area contributed by atoms with E-state index in [1.807, 2.05) is 0 Å². The second kappa shape index (κ2) is 7.72. The molecule has 4 nitrogen and oxygen atoms in total. The number of hydrogen-bond donors (Lipinski definition) is 1. The van der Waals surface area contributed by atoms with Crippen LogP contribution in [0, 0.1) is 0 Å². The maximum absolute atomic E-state index is 13.0. The molecule has 0 N–H and O–H groups in total. The minimum absolute atomic E-state index is 0.279. The van der Waals surface area contributed by atoms with Crippen LogP contribution < -0.4 is 5.56 Å². The molecule has 2 heterocycles. The van der Waals surface area contributed by atoms with Gasteiger partial charge in [-0.1, -0.05) is 0 Å². The zero-order valence-corrected chi connectivity index (χ0v) is 14.3. The SMILES string of the molecule is C[SH](C)c1cc(C(F)(F)F)cn(CCCN2CCOCC2)c1=O. The van der Waals surface area contributed by atoms with E-state index < -0.39 is 22.6 Å². The molecular weight excluding hydrogens is 329 g/mol. The molecule has 0 amide bonds. The standard InChI is InChI=1S/C15H23F3N2O2S/c1-23(2)13-10-12(15(16,17)18)11-20(14(13)21)5-3-4-19-6-8-22-9-7-19/h10-11,23H,3-9H2,1-2H3. The number of nitrogens with zero attached hydrogens (tertiary/aromatic N) is 2. The van der Waals surface area contributed by atoms with Crippen molar-refractivity contribution in [2.75, 3.05) is 45.4 Å². The minimum Gasteiger partial charge on any atom is -0.379 e. The molecule has 0 aliphatic carbocycles. The second-order valence-corrected chi connectivity index (χ2v) is 8.08. The Labute approximate surface area is 136 Å². The number of aryl methyl sites for hydroxylation is 1. The van der Waals surface area contributed by atoms with Crippen LogP contribution in [0.1, 0.15) is 12.0 Å². The summed E-state index contributed by atoms with van der Waals surface area (Å²) < 4.78 is 45.6. The molecule has 1 aliphatic rings. The summed E-state index contributed by atoms with van der Waals surface area (Å²) in [7, 11) is -0.883. The van der Waals surface area contributed by atoms with Gasteiger partial charge in [0.25, 0.3) is 5.56 Å². The van der Waals surface area contributed by atoms with Gasteiger partial charge in [-0.25, -0.2) is 10.9 Å². The Bertz CT molecular complexity index is 581. The highest BCUT2D eigenvalue weighted by molar-refractivity contribution is 8.15. The number of rotatable bonds is 5. The maximum Gasteiger partial charge on any atom is 0.417 e. The lowest BCUT2D eigenvalue weighted by atomic mass is 10.2. The van der Waals surface area contributed by atoms with Crippen molar-refractivity contribution in [1.29, 1.82) is 0 Å². The van der Waals surface area contributed by atoms with Crippen LogP contribution in [-0.4, -0.2) is 54.8 Å². The summed E-state index contributed by atoms with van der Waals surface area (Å²) in [5.41, 5.74) is -1.04. The van der Waals surface area contributed by atoms with Crippen molar-refractivity contribution in [3.8, 4) is 0 Å². The summed E-state index contributed by atoms with van der Waals surface area (Å²) in [6.07, 6.45) is 0.754. The summed E-state index contributed by atoms with van der Waals surface area (Å²) >= 11 is 0. The summed E-state index contributed by atoms with van der Waals surface area (Å²) in [6.45, 7) is 4.09. The van der Waals surface area contributed by atoms with Crippen molar-refractivity contribution in [3.05, 3.63) is 28.2 Å². The first-order valence-corrected chi connectivity index (χ1v) is 9.82. The van der Waals surface area contributed by atoms with Gasteiger partial charge in [0, 0.05) is 32.4 Å². The highest BCUT2D eigenvalue weighted by Crippen LogP contribution is 2.33. The molecule has 1 fully saturated rings. The predicted molar refractivity (Wildman–Crippen MR) is 86.7 cm³/mol. The summed E-state index contributed by atoms with van der Waals surface area (Å²) in [5.74, 6) is 0. The number of thiol groups is 1. The fourth-order valence-electron chi connectivity index (χ4n) is 2.55. The van der Waals surface area contributed by atoms with Crippen LogP contribution in [0.15, 0.2) is 22.0 Å². The molecule has 1 saturated heterocycles. The number of morpholine rings is 1. The van der Waals surface area contributed by atoms with Gasteiger partial charge in [-0.15, -0.1) is 0 Å². The average Bonchev–Trinajstić information content (AvgIpc) is 2.48. The Morgan fingerprint density at radius 2 is 1.87 bits per heavy atom. The molecule has 23 heavy (non-hydrogen) atoms. The van der Waals surface area contributed by atoms with E-state index in [-0.39, 0.29) is 10.5 Å². The van der Waals surface area contributed by atoms with Crippen LogP contribution in [0.5, 0.6) is 0 Å². The monoisotopic (exact) mass is 352 g/mol. The molecule has 2 rings (SSSR count). The first-order valence-electron chi connectivity index (χ1n) is 7.58. The van der Waals surface area contributed by atoms with Gasteiger partial charge >= 0.3 is 6.18 Å². The summed E-state index contributed by atoms with van der Waals surface area (Å²) in [5, 5.41) is 0. The van der Waals surface area contributed by atoms with Crippen molar-refractivity contribution in [2.45, 2.75) is 24.0 Å². The fraction of sp³-hybridized carbons (Fsp3) is 0.667. The van der Waals surface area contributed by atoms with Gasteiger partial charge in [-0.3, -0.25) is 9.69 Å². The van der Waals surface area contributed by atoms with Crippen LogP contribution in [0.3, 0.4) is 0 Å². The number of halogens is 3. The molecule has 0 unspecified atom stereocenters. The Morgan fingerprint density at radius 3 is 2.43 bits per heavy atom. The largest absolute Gasteiger partial charge is 0.417 e. The van der Waals surface area contributed by atoms with Crippen LogP contribution >= 0.6 is 10.9 Å². The van der Waals surface area contributed by atoms with E-state index in [0.717, 1.165) is 31.9 Å². The van der Waals surface area contributed by atoms with Gasteiger partial charge in [0.15, 0.2) is 0 Å². The lowest BCUT2D eigenvalue weighted by molar-refractivity contribution is -0.138. The minimum atomic E-state index is -4.43. The third-order valence-electron chi connectivity index (χ3n) is 3.85. The molecule has 1 aromatic rings. The van der Waals surface area contributed by atoms with Crippen LogP contribution in [0.4, 0.5) is 13.2 Å². The fourth-order valence-corrected chi connectivity index (χ4v) is 3.46. The van der Waals surface area contributed by atoms with E-state index in [9.17, 15) is 18.0 Å². The smallest absolute Gasteiger partial charge is 0.379 e. The van der Waals surface area contributed by atoms with Gasteiger partial charge in [0.1, 0.15) is 0 Å². The molecule has 0 radical (unpaired) electrons. The quantitative estimate of drug-likeness (QED) is 0.825. The molecule has 132 valence electrons. The van der Waals surface area contributed by atoms with Gasteiger partial charge < -0.3 is 9.30 Å². The van der Waals surface area contributed by atoms with Crippen molar-refractivity contribution in [1.82, 2.24) is 9.47 Å². The van der Waals surface area contributed by atoms with E-state index in [0.29, 0.717) is 26.2 Å². The average molecular weight is 352 g/mol. The van der Waals surface area contributed by atoms with Gasteiger partial charge in [0.05, 0.1) is 23.7 Å². The lowest BCUT2D eigenvalue weighted by Crippen LogP contribution is -2.37. The Hall–Kier alpha value is -0.990. The Morgan fingerprint density at radius 1 is 1.22 bits per heavy atom. The zero-order chi connectivity index (χ0) is 17.0. The number of aromatic nitrogens is 1. The van der Waals surface area contributed by atoms with Crippen molar-refractivity contribution in [3.63, 3.8) is 0 Å². The van der Waals surface area contributed by atoms with Gasteiger partial charge in [0.2, 0.25) is 0 Å². The van der Waals surface area contributed by atoms with E-state index in [2.05, 4.69) is 4.90 Å². The third kappa shape index (κ3) is 4.99. The predicted octanol–water partition coefficient (Wildman–Crippen LogP) is 2.21. The van der Waals surface area contributed by atoms with Crippen molar-refractivity contribution >= 4 is 10.9 Å². The van der Waals surface area contributed by atoms with E-state index in [1.165, 1.54) is 4.57 Å². The highest BCUT2D eigenvalue weighted by Gasteiger charge is 2.32. The zero-order valence-electron chi connectivity index (χ0n) is 13.4. The molecule has 1 aromatic heterocycles. The Kier molecular flexibility index (Phi) is 6.16. The van der Waals surface area contributed by atoms with E-state index in [1.54, 1.807) is 12.5 Å². The number of hydrogen-bond acceptors (Lipinski definition) is 3. The molecule has 0 aromatic carbocycles. The second-order valence-electron chi connectivity index (χ2n) is 5.81. The number of alkyl halides is 3. The molecule has 8 heteroatoms. The van der Waals surface area contributed by atoms with E-state index in [4.69, 9.17) is 4.74 Å². The Balaban J connectivity index is 2.13. The topological polar surface area (TPSA) is 34.5 Å². The third-order valence-corrected chi connectivity index (χ3v) is 5.14. The van der Waals surface area contributed by atoms with Crippen LogP contribution in [0.2, 0.25) is 0 Å². The van der Waals surface area contributed by atoms with Crippen molar-refractivity contribution in [2.24, 2.45) is 0 Å². The molecule has 0 saturated carbocycles. The lowest BCUT2D eigenvalue weighted by Gasteiger charge is -2.26. The molecule has 0 bridgehead atoms.